The molecule has 0 saturated heterocycles. The zero-order valence-electron chi connectivity index (χ0n) is 13.5. The molecule has 0 aliphatic carbocycles. The van der Waals surface area contributed by atoms with E-state index in [1.165, 1.54) is 0 Å². The highest BCUT2D eigenvalue weighted by Gasteiger charge is 2.16. The van der Waals surface area contributed by atoms with E-state index in [0.29, 0.717) is 0 Å². The Kier molecular flexibility index (Phi) is 6.01. The summed E-state index contributed by atoms with van der Waals surface area (Å²) in [7, 11) is -1.76. The monoisotopic (exact) mass is 410 g/mol. The van der Waals surface area contributed by atoms with E-state index in [1.54, 1.807) is 36.2 Å². The third kappa shape index (κ3) is 5.07. The normalized spacial score (nSPS) is 11.1. The number of likely N-dealkylation sites (N-methyl/N-ethyl adjacent to an activating group) is 1. The fourth-order valence-electron chi connectivity index (χ4n) is 2.06. The minimum atomic E-state index is -3.53. The van der Waals surface area contributed by atoms with Crippen LogP contribution in [-0.2, 0) is 14.6 Å². The summed E-state index contributed by atoms with van der Waals surface area (Å²) in [4.78, 5) is 14.0. The van der Waals surface area contributed by atoms with Crippen LogP contribution < -0.4 is 10.2 Å². The van der Waals surface area contributed by atoms with Crippen molar-refractivity contribution in [1.29, 1.82) is 0 Å². The highest BCUT2D eigenvalue weighted by Crippen LogP contribution is 2.17. The molecule has 0 fully saturated rings. The number of carbonyl (C=O) groups excluding carboxylic acids is 1. The van der Waals surface area contributed by atoms with Crippen molar-refractivity contribution >= 4 is 37.4 Å². The summed E-state index contributed by atoms with van der Waals surface area (Å²) >= 11 is 3.35. The highest BCUT2D eigenvalue weighted by molar-refractivity contribution is 9.10. The van der Waals surface area contributed by atoms with Gasteiger partial charge in [0.1, 0.15) is 5.88 Å². The third-order valence-electron chi connectivity index (χ3n) is 3.49. The number of sulfone groups is 1. The Morgan fingerprint density at radius 1 is 1.08 bits per heavy atom. The molecule has 0 unspecified atom stereocenters. The molecule has 2 aromatic carbocycles. The molecule has 0 atom stereocenters. The van der Waals surface area contributed by atoms with Crippen LogP contribution in [-0.4, -0.2) is 33.8 Å². The van der Waals surface area contributed by atoms with Crippen molar-refractivity contribution in [3.05, 3.63) is 58.6 Å². The number of anilines is 1. The van der Waals surface area contributed by atoms with Crippen LogP contribution in [0.5, 0.6) is 0 Å². The van der Waals surface area contributed by atoms with E-state index in [1.807, 2.05) is 31.2 Å². The minimum absolute atomic E-state index is 0.0745. The van der Waals surface area contributed by atoms with Crippen molar-refractivity contribution in [3.63, 3.8) is 0 Å². The van der Waals surface area contributed by atoms with E-state index in [-0.39, 0.29) is 17.3 Å². The summed E-state index contributed by atoms with van der Waals surface area (Å²) in [6.07, 6.45) is 0. The number of nitrogens with zero attached hydrogens (tertiary/aromatic N) is 1. The summed E-state index contributed by atoms with van der Waals surface area (Å²) < 4.78 is 25.4. The second-order valence-electron chi connectivity index (χ2n) is 5.50. The second kappa shape index (κ2) is 7.81. The van der Waals surface area contributed by atoms with Crippen molar-refractivity contribution in [1.82, 2.24) is 5.32 Å². The molecule has 2 aromatic rings. The number of benzene rings is 2. The number of rotatable bonds is 6. The van der Waals surface area contributed by atoms with Crippen LogP contribution >= 0.6 is 15.9 Å². The Balaban J connectivity index is 1.92. The van der Waals surface area contributed by atoms with E-state index in [2.05, 4.69) is 21.2 Å². The number of hydrogen-bond acceptors (Lipinski definition) is 4. The van der Waals surface area contributed by atoms with Gasteiger partial charge in [-0.05, 0) is 43.3 Å². The van der Waals surface area contributed by atoms with Crippen molar-refractivity contribution in [3.8, 4) is 0 Å². The lowest BCUT2D eigenvalue weighted by Gasteiger charge is -2.18. The zero-order chi connectivity index (χ0) is 17.7. The van der Waals surface area contributed by atoms with Crippen LogP contribution in [0.2, 0.25) is 0 Å². The summed E-state index contributed by atoms with van der Waals surface area (Å²) in [5, 5.41) is 2.47. The molecule has 0 saturated carbocycles. The number of hydrogen-bond donors (Lipinski definition) is 1. The van der Waals surface area contributed by atoms with Gasteiger partial charge in [-0.3, -0.25) is 4.79 Å². The fourth-order valence-corrected chi connectivity index (χ4v) is 3.40. The van der Waals surface area contributed by atoms with Crippen LogP contribution in [0.1, 0.15) is 5.56 Å². The van der Waals surface area contributed by atoms with Gasteiger partial charge in [0, 0.05) is 17.2 Å². The predicted molar refractivity (Wildman–Crippen MR) is 98.8 cm³/mol. The molecule has 0 aliphatic rings. The van der Waals surface area contributed by atoms with E-state index >= 15 is 0 Å². The van der Waals surface area contributed by atoms with Gasteiger partial charge < -0.3 is 10.2 Å². The van der Waals surface area contributed by atoms with Crippen molar-refractivity contribution in [2.24, 2.45) is 0 Å². The average molecular weight is 411 g/mol. The fraction of sp³-hybridized carbons (Fsp3) is 0.235. The first kappa shape index (κ1) is 18.5. The van der Waals surface area contributed by atoms with Gasteiger partial charge in [-0.15, -0.1) is 0 Å². The van der Waals surface area contributed by atoms with E-state index in [0.717, 1.165) is 15.7 Å². The maximum absolute atomic E-state index is 12.2. The lowest BCUT2D eigenvalue weighted by Crippen LogP contribution is -2.37. The topological polar surface area (TPSA) is 66.5 Å². The average Bonchev–Trinajstić information content (AvgIpc) is 2.54. The summed E-state index contributed by atoms with van der Waals surface area (Å²) in [5.41, 5.74) is 1.85. The first-order chi connectivity index (χ1) is 11.3. The Morgan fingerprint density at radius 2 is 1.67 bits per heavy atom. The predicted octanol–water partition coefficient (Wildman–Crippen LogP) is 2.74. The molecule has 0 spiro atoms. The van der Waals surface area contributed by atoms with Gasteiger partial charge in [-0.2, -0.15) is 0 Å². The largest absolute Gasteiger partial charge is 0.365 e. The zero-order valence-corrected chi connectivity index (χ0v) is 15.9. The molecule has 0 aromatic heterocycles. The Hall–Kier alpha value is -1.86. The molecule has 1 amide bonds. The van der Waals surface area contributed by atoms with Gasteiger partial charge in [0.2, 0.25) is 5.91 Å². The summed E-state index contributed by atoms with van der Waals surface area (Å²) in [5.74, 6) is -0.764. The lowest BCUT2D eigenvalue weighted by atomic mass is 10.2. The maximum Gasteiger partial charge on any atom is 0.240 e. The standard InChI is InChI=1S/C17H19BrN2O3S/c1-13-3-9-16(10-4-13)24(22,23)12-19-17(21)11-20(2)15-7-5-14(18)6-8-15/h3-10H,11-12H2,1-2H3,(H,19,21). The van der Waals surface area contributed by atoms with Crippen LogP contribution in [0.4, 0.5) is 5.69 Å². The van der Waals surface area contributed by atoms with Gasteiger partial charge in [0.05, 0.1) is 11.4 Å². The van der Waals surface area contributed by atoms with E-state index in [4.69, 9.17) is 0 Å². The van der Waals surface area contributed by atoms with E-state index in [9.17, 15) is 13.2 Å². The molecule has 0 bridgehead atoms. The van der Waals surface area contributed by atoms with E-state index < -0.39 is 15.7 Å². The molecule has 128 valence electrons. The number of amides is 1. The van der Waals surface area contributed by atoms with Gasteiger partial charge in [-0.1, -0.05) is 33.6 Å². The van der Waals surface area contributed by atoms with Gasteiger partial charge in [0.15, 0.2) is 9.84 Å². The number of carbonyl (C=O) groups is 1. The number of nitrogens with one attached hydrogen (secondary N) is 1. The molecule has 0 heterocycles. The van der Waals surface area contributed by atoms with Gasteiger partial charge in [-0.25, -0.2) is 8.42 Å². The quantitative estimate of drug-likeness (QED) is 0.794. The summed E-state index contributed by atoms with van der Waals surface area (Å²) in [6.45, 7) is 1.96. The summed E-state index contributed by atoms with van der Waals surface area (Å²) in [6, 6.07) is 14.1. The molecular weight excluding hydrogens is 392 g/mol. The number of aryl methyl sites for hydroxylation is 1. The van der Waals surface area contributed by atoms with Gasteiger partial charge in [0.25, 0.3) is 0 Å². The van der Waals surface area contributed by atoms with Crippen LogP contribution in [0, 0.1) is 6.92 Å². The molecule has 7 heteroatoms. The molecule has 2 rings (SSSR count). The molecule has 1 N–H and O–H groups in total. The first-order valence-electron chi connectivity index (χ1n) is 7.31. The highest BCUT2D eigenvalue weighted by atomic mass is 79.9. The maximum atomic E-state index is 12.2. The second-order valence-corrected chi connectivity index (χ2v) is 8.41. The van der Waals surface area contributed by atoms with Crippen molar-refractivity contribution in [2.45, 2.75) is 11.8 Å². The van der Waals surface area contributed by atoms with Gasteiger partial charge >= 0.3 is 0 Å². The van der Waals surface area contributed by atoms with Crippen LogP contribution in [0.25, 0.3) is 0 Å². The first-order valence-corrected chi connectivity index (χ1v) is 9.75. The molecule has 0 radical (unpaired) electrons. The lowest BCUT2D eigenvalue weighted by molar-refractivity contribution is -0.119. The SMILES string of the molecule is Cc1ccc(S(=O)(=O)CNC(=O)CN(C)c2ccc(Br)cc2)cc1. The molecular formula is C17H19BrN2O3S. The smallest absolute Gasteiger partial charge is 0.240 e. The van der Waals surface area contributed by atoms with Crippen molar-refractivity contribution < 1.29 is 13.2 Å². The molecule has 0 aliphatic heterocycles. The Bertz CT molecular complexity index is 803. The Morgan fingerprint density at radius 3 is 2.25 bits per heavy atom. The third-order valence-corrected chi connectivity index (χ3v) is 5.53. The van der Waals surface area contributed by atoms with Crippen LogP contribution in [0.15, 0.2) is 57.9 Å². The Labute approximate surface area is 150 Å². The minimum Gasteiger partial charge on any atom is -0.365 e. The molecule has 5 nitrogen and oxygen atoms in total. The van der Waals surface area contributed by atoms with Crippen LogP contribution in [0.3, 0.4) is 0 Å². The number of halogens is 1. The van der Waals surface area contributed by atoms with Crippen molar-refractivity contribution in [2.75, 3.05) is 24.4 Å². The molecule has 24 heavy (non-hydrogen) atoms.